The molecule has 0 unspecified atom stereocenters. The molecule has 9 heteroatoms. The van der Waals surface area contributed by atoms with Gasteiger partial charge in [0, 0.05) is 17.2 Å². The zero-order valence-corrected chi connectivity index (χ0v) is 18.7. The molecule has 162 valence electrons. The van der Waals surface area contributed by atoms with E-state index in [0.717, 1.165) is 5.01 Å². The SMILES string of the molecule is CC(C)(C)OC(=O)N(CC=O)Nc1cccc(-c2cc(-c3c(Cl)cccc3Cl)no2)c1. The highest BCUT2D eigenvalue weighted by Crippen LogP contribution is 2.36. The van der Waals surface area contributed by atoms with Gasteiger partial charge < -0.3 is 14.1 Å². The summed E-state index contributed by atoms with van der Waals surface area (Å²) in [4.78, 5) is 23.4. The van der Waals surface area contributed by atoms with Crippen LogP contribution in [0.25, 0.3) is 22.6 Å². The number of nitrogens with zero attached hydrogens (tertiary/aromatic N) is 2. The number of anilines is 1. The van der Waals surface area contributed by atoms with Gasteiger partial charge in [-0.15, -0.1) is 0 Å². The Morgan fingerprint density at radius 2 is 1.84 bits per heavy atom. The van der Waals surface area contributed by atoms with E-state index in [4.69, 9.17) is 32.5 Å². The van der Waals surface area contributed by atoms with Crippen LogP contribution in [0.2, 0.25) is 10.0 Å². The van der Waals surface area contributed by atoms with Gasteiger partial charge in [-0.05, 0) is 45.0 Å². The number of hydrogen-bond donors (Lipinski definition) is 1. The van der Waals surface area contributed by atoms with E-state index >= 15 is 0 Å². The van der Waals surface area contributed by atoms with Crippen molar-refractivity contribution in [1.82, 2.24) is 10.2 Å². The van der Waals surface area contributed by atoms with Crippen LogP contribution in [-0.4, -0.2) is 34.7 Å². The number of carbonyl (C=O) groups excluding carboxylic acids is 2. The lowest BCUT2D eigenvalue weighted by molar-refractivity contribution is -0.108. The van der Waals surface area contributed by atoms with Gasteiger partial charge in [0.25, 0.3) is 0 Å². The summed E-state index contributed by atoms with van der Waals surface area (Å²) in [7, 11) is 0. The molecule has 1 heterocycles. The van der Waals surface area contributed by atoms with Crippen molar-refractivity contribution in [2.75, 3.05) is 12.0 Å². The predicted octanol–water partition coefficient (Wildman–Crippen LogP) is 6.08. The number of rotatable bonds is 6. The van der Waals surface area contributed by atoms with E-state index in [1.807, 2.05) is 6.07 Å². The molecule has 2 aromatic carbocycles. The van der Waals surface area contributed by atoms with Crippen molar-refractivity contribution in [1.29, 1.82) is 0 Å². The maximum atomic E-state index is 12.4. The van der Waals surface area contributed by atoms with Crippen molar-refractivity contribution in [3.05, 3.63) is 58.6 Å². The number of halogens is 2. The van der Waals surface area contributed by atoms with Gasteiger partial charge in [-0.3, -0.25) is 5.43 Å². The maximum Gasteiger partial charge on any atom is 0.429 e. The highest BCUT2D eigenvalue weighted by molar-refractivity contribution is 6.39. The van der Waals surface area contributed by atoms with Crippen molar-refractivity contribution >= 4 is 41.3 Å². The Bertz CT molecular complexity index is 1070. The van der Waals surface area contributed by atoms with Crippen LogP contribution in [0.15, 0.2) is 53.1 Å². The first kappa shape index (κ1) is 22.7. The Balaban J connectivity index is 1.84. The van der Waals surface area contributed by atoms with Crippen LogP contribution in [-0.2, 0) is 9.53 Å². The van der Waals surface area contributed by atoms with Crippen molar-refractivity contribution in [2.45, 2.75) is 26.4 Å². The van der Waals surface area contributed by atoms with E-state index in [0.29, 0.717) is 44.6 Å². The number of ether oxygens (including phenoxy) is 1. The first-order chi connectivity index (χ1) is 14.7. The second kappa shape index (κ2) is 9.41. The average molecular weight is 462 g/mol. The zero-order valence-electron chi connectivity index (χ0n) is 17.2. The molecule has 3 rings (SSSR count). The van der Waals surface area contributed by atoms with Crippen LogP contribution in [0.4, 0.5) is 10.5 Å². The van der Waals surface area contributed by atoms with Crippen molar-refractivity contribution in [3.8, 4) is 22.6 Å². The summed E-state index contributed by atoms with van der Waals surface area (Å²) in [6, 6.07) is 14.0. The third-order valence-corrected chi connectivity index (χ3v) is 4.64. The minimum Gasteiger partial charge on any atom is -0.442 e. The average Bonchev–Trinajstić information content (AvgIpc) is 3.16. The lowest BCUT2D eigenvalue weighted by atomic mass is 10.1. The summed E-state index contributed by atoms with van der Waals surface area (Å²) < 4.78 is 10.8. The van der Waals surface area contributed by atoms with Crippen LogP contribution in [0.1, 0.15) is 20.8 Å². The molecule has 3 aromatic rings. The van der Waals surface area contributed by atoms with Crippen LogP contribution >= 0.6 is 23.2 Å². The zero-order chi connectivity index (χ0) is 22.6. The van der Waals surface area contributed by atoms with Crippen LogP contribution in [0.5, 0.6) is 0 Å². The second-order valence-electron chi connectivity index (χ2n) is 7.62. The molecule has 0 fully saturated rings. The summed E-state index contributed by atoms with van der Waals surface area (Å²) >= 11 is 12.5. The van der Waals surface area contributed by atoms with Gasteiger partial charge >= 0.3 is 6.09 Å². The van der Waals surface area contributed by atoms with E-state index in [1.165, 1.54) is 0 Å². The number of aromatic nitrogens is 1. The summed E-state index contributed by atoms with van der Waals surface area (Å²) in [5.41, 5.74) is 4.53. The fourth-order valence-electron chi connectivity index (χ4n) is 2.73. The van der Waals surface area contributed by atoms with E-state index in [1.54, 1.807) is 63.2 Å². The number of amides is 1. The first-order valence-electron chi connectivity index (χ1n) is 9.40. The molecule has 1 amide bonds. The van der Waals surface area contributed by atoms with E-state index in [-0.39, 0.29) is 6.54 Å². The summed E-state index contributed by atoms with van der Waals surface area (Å²) in [5.74, 6) is 0.480. The topological polar surface area (TPSA) is 84.7 Å². The highest BCUT2D eigenvalue weighted by Gasteiger charge is 2.22. The normalized spacial score (nSPS) is 11.1. The number of benzene rings is 2. The largest absolute Gasteiger partial charge is 0.442 e. The molecule has 7 nitrogen and oxygen atoms in total. The second-order valence-corrected chi connectivity index (χ2v) is 8.44. The van der Waals surface area contributed by atoms with Gasteiger partial charge in [0.2, 0.25) is 0 Å². The summed E-state index contributed by atoms with van der Waals surface area (Å²) in [6.45, 7) is 5.06. The molecule has 0 aliphatic heterocycles. The first-order valence-corrected chi connectivity index (χ1v) is 10.2. The van der Waals surface area contributed by atoms with Gasteiger partial charge in [-0.1, -0.05) is 46.6 Å². The molecule has 0 saturated carbocycles. The molecule has 0 radical (unpaired) electrons. The smallest absolute Gasteiger partial charge is 0.429 e. The lowest BCUT2D eigenvalue weighted by Gasteiger charge is -2.27. The molecule has 1 aromatic heterocycles. The molecule has 0 aliphatic rings. The van der Waals surface area contributed by atoms with Gasteiger partial charge in [0.15, 0.2) is 5.76 Å². The summed E-state index contributed by atoms with van der Waals surface area (Å²) in [6.07, 6.45) is -0.0584. The van der Waals surface area contributed by atoms with Gasteiger partial charge in [-0.2, -0.15) is 0 Å². The van der Waals surface area contributed by atoms with Crippen molar-refractivity contribution in [2.24, 2.45) is 0 Å². The Morgan fingerprint density at radius 1 is 1.16 bits per heavy atom. The van der Waals surface area contributed by atoms with E-state index in [2.05, 4.69) is 10.6 Å². The van der Waals surface area contributed by atoms with E-state index < -0.39 is 11.7 Å². The molecule has 0 atom stereocenters. The number of aldehydes is 1. The van der Waals surface area contributed by atoms with Gasteiger partial charge in [-0.25, -0.2) is 9.80 Å². The standard InChI is InChI=1S/C22H21Cl2N3O4/c1-22(2,3)30-21(29)27(10-11-28)25-15-7-4-6-14(12-15)19-13-18(26-31-19)20-16(23)8-5-9-17(20)24/h4-9,11-13,25H,10H2,1-3H3. The van der Waals surface area contributed by atoms with E-state index in [9.17, 15) is 9.59 Å². The Hall–Kier alpha value is -3.03. The number of hydrogen-bond acceptors (Lipinski definition) is 6. The fourth-order valence-corrected chi connectivity index (χ4v) is 3.32. The Labute approximate surface area is 189 Å². The number of hydrazine groups is 1. The molecular formula is C22H21Cl2N3O4. The van der Waals surface area contributed by atoms with Crippen LogP contribution < -0.4 is 5.43 Å². The number of nitrogens with one attached hydrogen (secondary N) is 1. The van der Waals surface area contributed by atoms with Gasteiger partial charge in [0.1, 0.15) is 24.1 Å². The monoisotopic (exact) mass is 461 g/mol. The minimum absolute atomic E-state index is 0.184. The molecule has 0 saturated heterocycles. The molecule has 31 heavy (non-hydrogen) atoms. The fraction of sp³-hybridized carbons (Fsp3) is 0.227. The maximum absolute atomic E-state index is 12.4. The van der Waals surface area contributed by atoms with Crippen molar-refractivity contribution in [3.63, 3.8) is 0 Å². The lowest BCUT2D eigenvalue weighted by Crippen LogP contribution is -2.41. The highest BCUT2D eigenvalue weighted by atomic mass is 35.5. The van der Waals surface area contributed by atoms with Gasteiger partial charge in [0.05, 0.1) is 15.7 Å². The molecule has 1 N–H and O–H groups in total. The minimum atomic E-state index is -0.696. The van der Waals surface area contributed by atoms with Crippen molar-refractivity contribution < 1.29 is 18.8 Å². The third kappa shape index (κ3) is 5.77. The molecule has 0 bridgehead atoms. The summed E-state index contributed by atoms with van der Waals surface area (Å²) in [5, 5.41) is 6.09. The Morgan fingerprint density at radius 3 is 2.48 bits per heavy atom. The predicted molar refractivity (Wildman–Crippen MR) is 120 cm³/mol. The Kier molecular flexibility index (Phi) is 6.87. The van der Waals surface area contributed by atoms with Crippen LogP contribution in [0, 0.1) is 0 Å². The molecule has 0 aliphatic carbocycles. The number of carbonyl (C=O) groups is 2. The quantitative estimate of drug-likeness (QED) is 0.353. The van der Waals surface area contributed by atoms with Crippen LogP contribution in [0.3, 0.4) is 0 Å². The molecule has 0 spiro atoms. The molecular weight excluding hydrogens is 441 g/mol. The third-order valence-electron chi connectivity index (χ3n) is 4.01.